The summed E-state index contributed by atoms with van der Waals surface area (Å²) in [7, 11) is 2.00. The van der Waals surface area contributed by atoms with E-state index in [4.69, 9.17) is 0 Å². The molecule has 2 heterocycles. The van der Waals surface area contributed by atoms with Gasteiger partial charge in [-0.3, -0.25) is 9.78 Å². The first-order valence-corrected chi connectivity index (χ1v) is 9.20. The maximum atomic E-state index is 12.9. The van der Waals surface area contributed by atoms with Crippen molar-refractivity contribution in [1.29, 1.82) is 0 Å². The number of hydrogen-bond acceptors (Lipinski definition) is 4. The standard InChI is InChI=1S/C22H23FN4O/c1-27(15-11-18-8-12-24-13-9-18)20-6-7-21(26-16-20)22(28)25-14-10-17-2-4-19(23)5-3-17/h2-9,12-13,16H,10-11,14-15H2,1H3,(H,25,28). The van der Waals surface area contributed by atoms with Crippen LogP contribution in [0.4, 0.5) is 10.1 Å². The predicted molar refractivity (Wildman–Crippen MR) is 108 cm³/mol. The van der Waals surface area contributed by atoms with Gasteiger partial charge in [0.25, 0.3) is 5.91 Å². The Morgan fingerprint density at radius 2 is 1.71 bits per heavy atom. The Morgan fingerprint density at radius 1 is 1.00 bits per heavy atom. The largest absolute Gasteiger partial charge is 0.373 e. The third-order valence-electron chi connectivity index (χ3n) is 4.52. The molecule has 1 amide bonds. The van der Waals surface area contributed by atoms with E-state index in [0.717, 1.165) is 24.2 Å². The van der Waals surface area contributed by atoms with Gasteiger partial charge >= 0.3 is 0 Å². The van der Waals surface area contributed by atoms with Gasteiger partial charge in [0.2, 0.25) is 0 Å². The van der Waals surface area contributed by atoms with Crippen molar-refractivity contribution >= 4 is 11.6 Å². The van der Waals surface area contributed by atoms with Crippen molar-refractivity contribution in [2.75, 3.05) is 25.0 Å². The summed E-state index contributed by atoms with van der Waals surface area (Å²) in [6, 6.07) is 13.9. The lowest BCUT2D eigenvalue weighted by Gasteiger charge is -2.19. The smallest absolute Gasteiger partial charge is 0.269 e. The van der Waals surface area contributed by atoms with Crippen molar-refractivity contribution in [3.63, 3.8) is 0 Å². The molecule has 0 saturated heterocycles. The number of nitrogens with one attached hydrogen (secondary N) is 1. The minimum absolute atomic E-state index is 0.215. The second kappa shape index (κ2) is 9.60. The van der Waals surface area contributed by atoms with Gasteiger partial charge in [0.15, 0.2) is 0 Å². The summed E-state index contributed by atoms with van der Waals surface area (Å²) in [5.41, 5.74) is 3.54. The average Bonchev–Trinajstić information content (AvgIpc) is 2.74. The molecule has 0 aliphatic heterocycles. The molecule has 1 aromatic carbocycles. The molecule has 0 atom stereocenters. The molecule has 0 fully saturated rings. The van der Waals surface area contributed by atoms with Crippen molar-refractivity contribution < 1.29 is 9.18 Å². The molecule has 3 aromatic rings. The van der Waals surface area contributed by atoms with Crippen molar-refractivity contribution in [2.45, 2.75) is 12.8 Å². The van der Waals surface area contributed by atoms with Crippen molar-refractivity contribution in [3.8, 4) is 0 Å². The number of aromatic nitrogens is 2. The monoisotopic (exact) mass is 378 g/mol. The number of likely N-dealkylation sites (N-methyl/N-ethyl adjacent to an activating group) is 1. The third-order valence-corrected chi connectivity index (χ3v) is 4.52. The number of carbonyl (C=O) groups excluding carboxylic acids is 1. The van der Waals surface area contributed by atoms with Crippen LogP contribution in [0.3, 0.4) is 0 Å². The normalized spacial score (nSPS) is 10.5. The van der Waals surface area contributed by atoms with Gasteiger partial charge in [-0.15, -0.1) is 0 Å². The van der Waals surface area contributed by atoms with E-state index >= 15 is 0 Å². The van der Waals surface area contributed by atoms with E-state index in [1.807, 2.05) is 25.2 Å². The molecule has 1 N–H and O–H groups in total. The van der Waals surface area contributed by atoms with E-state index in [9.17, 15) is 9.18 Å². The number of benzene rings is 1. The predicted octanol–water partition coefficient (Wildman–Crippen LogP) is 3.27. The first-order chi connectivity index (χ1) is 13.6. The highest BCUT2D eigenvalue weighted by atomic mass is 19.1. The van der Waals surface area contributed by atoms with Crippen LogP contribution in [-0.4, -0.2) is 36.0 Å². The number of amides is 1. The first-order valence-electron chi connectivity index (χ1n) is 9.20. The molecule has 2 aromatic heterocycles. The number of anilines is 1. The van der Waals surface area contributed by atoms with Crippen LogP contribution in [0.1, 0.15) is 21.6 Å². The Morgan fingerprint density at radius 3 is 2.39 bits per heavy atom. The van der Waals surface area contributed by atoms with E-state index in [2.05, 4.69) is 20.2 Å². The summed E-state index contributed by atoms with van der Waals surface area (Å²) in [6.45, 7) is 1.31. The SMILES string of the molecule is CN(CCc1ccncc1)c1ccc(C(=O)NCCc2ccc(F)cc2)nc1. The fourth-order valence-electron chi connectivity index (χ4n) is 2.78. The summed E-state index contributed by atoms with van der Waals surface area (Å²) in [5, 5.41) is 2.84. The quantitative estimate of drug-likeness (QED) is 0.654. The van der Waals surface area contributed by atoms with Crippen LogP contribution in [0, 0.1) is 5.82 Å². The highest BCUT2D eigenvalue weighted by Gasteiger charge is 2.08. The van der Waals surface area contributed by atoms with Crippen LogP contribution in [0.2, 0.25) is 0 Å². The highest BCUT2D eigenvalue weighted by Crippen LogP contribution is 2.12. The molecule has 0 saturated carbocycles. The molecule has 3 rings (SSSR count). The van der Waals surface area contributed by atoms with Gasteiger partial charge in [-0.25, -0.2) is 9.37 Å². The maximum absolute atomic E-state index is 12.9. The number of halogens is 1. The van der Waals surface area contributed by atoms with Crippen molar-refractivity contribution in [1.82, 2.24) is 15.3 Å². The van der Waals surface area contributed by atoms with Gasteiger partial charge in [-0.2, -0.15) is 0 Å². The summed E-state index contributed by atoms with van der Waals surface area (Å²) in [6.07, 6.45) is 6.84. The first kappa shape index (κ1) is 19.5. The Kier molecular flexibility index (Phi) is 6.68. The zero-order chi connectivity index (χ0) is 19.8. The Bertz CT molecular complexity index is 883. The molecule has 0 spiro atoms. The molecule has 6 heteroatoms. The number of carbonyl (C=O) groups is 1. The van der Waals surface area contributed by atoms with Gasteiger partial charge < -0.3 is 10.2 Å². The number of rotatable bonds is 8. The lowest BCUT2D eigenvalue weighted by Crippen LogP contribution is -2.27. The number of nitrogens with zero attached hydrogens (tertiary/aromatic N) is 3. The fraction of sp³-hybridized carbons (Fsp3) is 0.227. The van der Waals surface area contributed by atoms with Gasteiger partial charge in [-0.1, -0.05) is 12.1 Å². The third kappa shape index (κ3) is 5.61. The number of hydrogen-bond donors (Lipinski definition) is 1. The lowest BCUT2D eigenvalue weighted by molar-refractivity contribution is 0.0949. The van der Waals surface area contributed by atoms with Crippen LogP contribution in [0.15, 0.2) is 67.1 Å². The molecule has 0 aliphatic rings. The molecule has 0 bridgehead atoms. The van der Waals surface area contributed by atoms with E-state index in [1.165, 1.54) is 17.7 Å². The summed E-state index contributed by atoms with van der Waals surface area (Å²) >= 11 is 0. The Balaban J connectivity index is 1.47. The Labute approximate surface area is 164 Å². The fourth-order valence-corrected chi connectivity index (χ4v) is 2.78. The zero-order valence-corrected chi connectivity index (χ0v) is 15.8. The van der Waals surface area contributed by atoms with Crippen molar-refractivity contribution in [3.05, 3.63) is 89.8 Å². The van der Waals surface area contributed by atoms with Gasteiger partial charge in [0.1, 0.15) is 11.5 Å². The molecular formula is C22H23FN4O. The molecule has 0 aliphatic carbocycles. The summed E-state index contributed by atoms with van der Waals surface area (Å²) < 4.78 is 12.9. The molecule has 0 radical (unpaired) electrons. The van der Waals surface area contributed by atoms with Crippen molar-refractivity contribution in [2.24, 2.45) is 0 Å². The van der Waals surface area contributed by atoms with Crippen LogP contribution < -0.4 is 10.2 Å². The molecular weight excluding hydrogens is 355 g/mol. The van der Waals surface area contributed by atoms with Gasteiger partial charge in [0.05, 0.1) is 11.9 Å². The minimum atomic E-state index is -0.261. The van der Waals surface area contributed by atoms with E-state index in [0.29, 0.717) is 18.7 Å². The topological polar surface area (TPSA) is 58.1 Å². The second-order valence-electron chi connectivity index (χ2n) is 6.56. The van der Waals surface area contributed by atoms with Crippen LogP contribution >= 0.6 is 0 Å². The Hall–Kier alpha value is -3.28. The maximum Gasteiger partial charge on any atom is 0.269 e. The number of pyridine rings is 2. The van der Waals surface area contributed by atoms with E-state index < -0.39 is 0 Å². The van der Waals surface area contributed by atoms with E-state index in [1.54, 1.807) is 36.8 Å². The van der Waals surface area contributed by atoms with Crippen LogP contribution in [0.5, 0.6) is 0 Å². The molecule has 5 nitrogen and oxygen atoms in total. The van der Waals surface area contributed by atoms with E-state index in [-0.39, 0.29) is 11.7 Å². The molecule has 0 unspecified atom stereocenters. The van der Waals surface area contributed by atoms with Crippen LogP contribution in [0.25, 0.3) is 0 Å². The summed E-state index contributed by atoms with van der Waals surface area (Å²) in [5.74, 6) is -0.476. The van der Waals surface area contributed by atoms with Crippen LogP contribution in [-0.2, 0) is 12.8 Å². The molecule has 144 valence electrons. The van der Waals surface area contributed by atoms with Gasteiger partial charge in [0, 0.05) is 32.5 Å². The molecule has 28 heavy (non-hydrogen) atoms. The highest BCUT2D eigenvalue weighted by molar-refractivity contribution is 5.92. The second-order valence-corrected chi connectivity index (χ2v) is 6.56. The zero-order valence-electron chi connectivity index (χ0n) is 15.8. The lowest BCUT2D eigenvalue weighted by atomic mass is 10.1. The summed E-state index contributed by atoms with van der Waals surface area (Å²) in [4.78, 5) is 22.6. The van der Waals surface area contributed by atoms with Gasteiger partial charge in [-0.05, 0) is 60.4 Å². The average molecular weight is 378 g/mol. The minimum Gasteiger partial charge on any atom is -0.373 e.